The maximum absolute atomic E-state index is 11.8. The number of rotatable bonds is 2. The number of hydrogen-bond acceptors (Lipinski definition) is 2. The van der Waals surface area contributed by atoms with Gasteiger partial charge in [-0.15, -0.1) is 0 Å². The van der Waals surface area contributed by atoms with Crippen molar-refractivity contribution in [1.82, 2.24) is 0 Å². The van der Waals surface area contributed by atoms with Crippen molar-refractivity contribution in [3.8, 4) is 0 Å². The molecule has 0 fully saturated rings. The van der Waals surface area contributed by atoms with E-state index in [1.807, 2.05) is 24.3 Å². The van der Waals surface area contributed by atoms with E-state index in [1.165, 1.54) is 11.1 Å². The second-order valence-corrected chi connectivity index (χ2v) is 4.91. The highest BCUT2D eigenvalue weighted by molar-refractivity contribution is 6.17. The molecule has 90 valence electrons. The van der Waals surface area contributed by atoms with Crippen molar-refractivity contribution in [2.24, 2.45) is 0 Å². The molecule has 2 aromatic carbocycles. The number of Topliss-reactive ketones (excluding diaryl/α,β-unsaturated/α-hetero) is 2. The van der Waals surface area contributed by atoms with Crippen LogP contribution in [0.3, 0.4) is 0 Å². The zero-order valence-corrected chi connectivity index (χ0v) is 10.5. The molecule has 0 bridgehead atoms. The Labute approximate surface area is 106 Å². The second-order valence-electron chi connectivity index (χ2n) is 4.91. The zero-order chi connectivity index (χ0) is 12.9. The van der Waals surface area contributed by atoms with Crippen LogP contribution in [0.2, 0.25) is 0 Å². The maximum atomic E-state index is 11.8. The molecule has 2 heteroatoms. The number of hydrogen-bond donors (Lipinski definition) is 0. The Balaban J connectivity index is 2.53. The summed E-state index contributed by atoms with van der Waals surface area (Å²) in [6.07, 6.45) is 2.01. The molecular formula is C16H14O2. The van der Waals surface area contributed by atoms with Gasteiger partial charge in [0.25, 0.3) is 0 Å². The Morgan fingerprint density at radius 3 is 1.61 bits per heavy atom. The van der Waals surface area contributed by atoms with Gasteiger partial charge < -0.3 is 0 Å². The molecule has 2 nitrogen and oxygen atoms in total. The Morgan fingerprint density at radius 1 is 0.778 bits per heavy atom. The van der Waals surface area contributed by atoms with Crippen LogP contribution < -0.4 is 0 Å². The largest absolute Gasteiger partial charge is 0.294 e. The van der Waals surface area contributed by atoms with Crippen LogP contribution in [0.5, 0.6) is 0 Å². The lowest BCUT2D eigenvalue weighted by atomic mass is 9.92. The van der Waals surface area contributed by atoms with Gasteiger partial charge in [-0.2, -0.15) is 0 Å². The van der Waals surface area contributed by atoms with E-state index in [9.17, 15) is 9.59 Å². The van der Waals surface area contributed by atoms with E-state index >= 15 is 0 Å². The van der Waals surface area contributed by atoms with Crippen LogP contribution in [0.15, 0.2) is 24.3 Å². The quantitative estimate of drug-likeness (QED) is 0.752. The first-order valence-corrected chi connectivity index (χ1v) is 6.19. The zero-order valence-electron chi connectivity index (χ0n) is 10.5. The fourth-order valence-corrected chi connectivity index (χ4v) is 2.92. The molecule has 0 aromatic heterocycles. The molecule has 3 rings (SSSR count). The average molecular weight is 238 g/mol. The summed E-state index contributed by atoms with van der Waals surface area (Å²) in [5, 5.41) is 2.00. The lowest BCUT2D eigenvalue weighted by Crippen LogP contribution is -2.01. The van der Waals surface area contributed by atoms with E-state index in [4.69, 9.17) is 0 Å². The van der Waals surface area contributed by atoms with Crippen molar-refractivity contribution in [3.63, 3.8) is 0 Å². The predicted octanol–water partition coefficient (Wildman–Crippen LogP) is 3.34. The third kappa shape index (κ3) is 1.42. The first-order valence-electron chi connectivity index (χ1n) is 6.19. The molecule has 1 aliphatic carbocycles. The summed E-state index contributed by atoms with van der Waals surface area (Å²) in [5.41, 5.74) is 3.85. The molecule has 0 amide bonds. The molecule has 0 atom stereocenters. The van der Waals surface area contributed by atoms with Crippen LogP contribution >= 0.6 is 0 Å². The van der Waals surface area contributed by atoms with Gasteiger partial charge in [-0.1, -0.05) is 24.3 Å². The molecule has 0 unspecified atom stereocenters. The first-order chi connectivity index (χ1) is 8.59. The highest BCUT2D eigenvalue weighted by Crippen LogP contribution is 2.35. The van der Waals surface area contributed by atoms with Gasteiger partial charge in [-0.25, -0.2) is 0 Å². The SMILES string of the molecule is CC(=O)c1ccc2c3c(ccc(C(C)=O)c13)CC2. The Hall–Kier alpha value is -1.96. The monoisotopic (exact) mass is 238 g/mol. The van der Waals surface area contributed by atoms with Gasteiger partial charge in [-0.05, 0) is 43.2 Å². The summed E-state index contributed by atoms with van der Waals surface area (Å²) in [4.78, 5) is 23.5. The van der Waals surface area contributed by atoms with Crippen LogP contribution in [-0.4, -0.2) is 11.6 Å². The fourth-order valence-electron chi connectivity index (χ4n) is 2.92. The van der Waals surface area contributed by atoms with Crippen LogP contribution in [0.4, 0.5) is 0 Å². The van der Waals surface area contributed by atoms with E-state index < -0.39 is 0 Å². The molecule has 18 heavy (non-hydrogen) atoms. The minimum atomic E-state index is 0.0214. The lowest BCUT2D eigenvalue weighted by molar-refractivity contribution is 0.101. The van der Waals surface area contributed by atoms with Crippen molar-refractivity contribution < 1.29 is 9.59 Å². The Morgan fingerprint density at radius 2 is 1.22 bits per heavy atom. The summed E-state index contributed by atoms with van der Waals surface area (Å²) < 4.78 is 0. The van der Waals surface area contributed by atoms with Crippen molar-refractivity contribution in [3.05, 3.63) is 46.5 Å². The average Bonchev–Trinajstić information content (AvgIpc) is 2.74. The topological polar surface area (TPSA) is 34.1 Å². The van der Waals surface area contributed by atoms with Crippen molar-refractivity contribution in [1.29, 1.82) is 0 Å². The van der Waals surface area contributed by atoms with Gasteiger partial charge in [0.1, 0.15) is 0 Å². The smallest absolute Gasteiger partial charge is 0.160 e. The molecule has 0 saturated heterocycles. The molecule has 0 aliphatic heterocycles. The predicted molar refractivity (Wildman–Crippen MR) is 71.4 cm³/mol. The summed E-state index contributed by atoms with van der Waals surface area (Å²) in [7, 11) is 0. The molecular weight excluding hydrogens is 224 g/mol. The van der Waals surface area contributed by atoms with Crippen molar-refractivity contribution in [2.45, 2.75) is 26.7 Å². The van der Waals surface area contributed by atoms with Gasteiger partial charge in [-0.3, -0.25) is 9.59 Å². The molecule has 0 radical (unpaired) electrons. The maximum Gasteiger partial charge on any atom is 0.160 e. The first kappa shape index (κ1) is 11.1. The Bertz CT molecular complexity index is 639. The summed E-state index contributed by atoms with van der Waals surface area (Å²) in [6.45, 7) is 3.12. The summed E-state index contributed by atoms with van der Waals surface area (Å²) >= 11 is 0. The van der Waals surface area contributed by atoms with Crippen LogP contribution in [0.1, 0.15) is 45.7 Å². The van der Waals surface area contributed by atoms with E-state index in [2.05, 4.69) is 0 Å². The summed E-state index contributed by atoms with van der Waals surface area (Å²) in [5.74, 6) is 0.0428. The number of carbonyl (C=O) groups excluding carboxylic acids is 2. The van der Waals surface area contributed by atoms with Gasteiger partial charge in [0.15, 0.2) is 11.6 Å². The van der Waals surface area contributed by atoms with Gasteiger partial charge in [0, 0.05) is 16.5 Å². The molecule has 0 heterocycles. The van der Waals surface area contributed by atoms with Gasteiger partial charge in [0.2, 0.25) is 0 Å². The van der Waals surface area contributed by atoms with E-state index in [0.29, 0.717) is 11.1 Å². The Kier molecular flexibility index (Phi) is 2.34. The molecule has 0 spiro atoms. The molecule has 1 aliphatic rings. The number of benzene rings is 2. The molecule has 2 aromatic rings. The number of ketones is 2. The van der Waals surface area contributed by atoms with Crippen LogP contribution in [0.25, 0.3) is 10.8 Å². The van der Waals surface area contributed by atoms with Gasteiger partial charge in [0.05, 0.1) is 0 Å². The van der Waals surface area contributed by atoms with E-state index in [1.54, 1.807) is 13.8 Å². The number of aryl methyl sites for hydroxylation is 2. The highest BCUT2D eigenvalue weighted by atomic mass is 16.1. The van der Waals surface area contributed by atoms with Crippen molar-refractivity contribution in [2.75, 3.05) is 0 Å². The third-order valence-electron chi connectivity index (χ3n) is 3.76. The molecule has 0 saturated carbocycles. The van der Waals surface area contributed by atoms with E-state index in [-0.39, 0.29) is 11.6 Å². The lowest BCUT2D eigenvalue weighted by Gasteiger charge is -2.10. The second kappa shape index (κ2) is 3.77. The fraction of sp³-hybridized carbons (Fsp3) is 0.250. The number of carbonyl (C=O) groups is 2. The van der Waals surface area contributed by atoms with Gasteiger partial charge >= 0.3 is 0 Å². The van der Waals surface area contributed by atoms with Crippen LogP contribution in [-0.2, 0) is 12.8 Å². The minimum Gasteiger partial charge on any atom is -0.294 e. The highest BCUT2D eigenvalue weighted by Gasteiger charge is 2.21. The summed E-state index contributed by atoms with van der Waals surface area (Å²) in [6, 6.07) is 7.78. The standard InChI is InChI=1S/C16H14O2/c1-9(17)13-7-5-11-3-4-12-6-8-14(10(2)18)16(13)15(11)12/h5-8H,3-4H2,1-2H3. The van der Waals surface area contributed by atoms with Crippen molar-refractivity contribution >= 4 is 22.3 Å². The third-order valence-corrected chi connectivity index (χ3v) is 3.76. The molecule has 0 N–H and O–H groups in total. The normalized spacial score (nSPS) is 13.0. The minimum absolute atomic E-state index is 0.0214. The van der Waals surface area contributed by atoms with Crippen LogP contribution in [0, 0.1) is 0 Å². The van der Waals surface area contributed by atoms with E-state index in [0.717, 1.165) is 23.6 Å².